The number of halogens is 4. The van der Waals surface area contributed by atoms with Gasteiger partial charge in [0.25, 0.3) is 0 Å². The number of sulfonamides is 1. The van der Waals surface area contributed by atoms with E-state index in [4.69, 9.17) is 0 Å². The van der Waals surface area contributed by atoms with E-state index in [0.29, 0.717) is 29.9 Å². The molecule has 1 fully saturated rings. The van der Waals surface area contributed by atoms with E-state index in [1.165, 1.54) is 0 Å². The maximum Gasteiger partial charge on any atom is 0.511 e. The molecule has 1 saturated heterocycles. The van der Waals surface area contributed by atoms with Gasteiger partial charge in [0, 0.05) is 44.6 Å². The SMILES string of the molecule is CCNC(=NCCn1ccnc1)NC1CCN(S(=O)(=O)C(F)(F)F)CC1.I. The Morgan fingerprint density at radius 3 is 2.52 bits per heavy atom. The van der Waals surface area contributed by atoms with Gasteiger partial charge in [0.15, 0.2) is 5.96 Å². The molecule has 1 aliphatic rings. The topological polar surface area (TPSA) is 91.6 Å². The van der Waals surface area contributed by atoms with E-state index in [1.54, 1.807) is 12.5 Å². The first-order chi connectivity index (χ1) is 12.2. The molecule has 0 aliphatic carbocycles. The maximum absolute atomic E-state index is 12.6. The van der Waals surface area contributed by atoms with Crippen molar-refractivity contribution in [2.24, 2.45) is 4.99 Å². The monoisotopic (exact) mass is 524 g/mol. The minimum absolute atomic E-state index is 0. The van der Waals surface area contributed by atoms with Crippen molar-refractivity contribution in [1.29, 1.82) is 0 Å². The zero-order valence-corrected chi connectivity index (χ0v) is 18.0. The summed E-state index contributed by atoms with van der Waals surface area (Å²) in [6, 6.07) is -0.138. The third kappa shape index (κ3) is 6.78. The van der Waals surface area contributed by atoms with Crippen LogP contribution in [0.15, 0.2) is 23.7 Å². The fourth-order valence-corrected chi connectivity index (χ4v) is 3.58. The van der Waals surface area contributed by atoms with Gasteiger partial charge in [0.05, 0.1) is 12.9 Å². The highest BCUT2D eigenvalue weighted by Gasteiger charge is 2.50. The number of aliphatic imine (C=N–C) groups is 1. The number of rotatable bonds is 6. The second-order valence-electron chi connectivity index (χ2n) is 5.83. The van der Waals surface area contributed by atoms with E-state index in [2.05, 4.69) is 20.6 Å². The van der Waals surface area contributed by atoms with Gasteiger partial charge >= 0.3 is 15.5 Å². The summed E-state index contributed by atoms with van der Waals surface area (Å²) in [5.74, 6) is 0.560. The van der Waals surface area contributed by atoms with Gasteiger partial charge in [-0.25, -0.2) is 13.4 Å². The number of imidazole rings is 1. The molecule has 27 heavy (non-hydrogen) atoms. The Balaban J connectivity index is 0.00000364. The summed E-state index contributed by atoms with van der Waals surface area (Å²) in [5.41, 5.74) is -5.25. The minimum Gasteiger partial charge on any atom is -0.357 e. The predicted molar refractivity (Wildman–Crippen MR) is 106 cm³/mol. The molecule has 0 radical (unpaired) electrons. The van der Waals surface area contributed by atoms with E-state index in [1.807, 2.05) is 17.7 Å². The number of nitrogens with zero attached hydrogens (tertiary/aromatic N) is 4. The zero-order chi connectivity index (χ0) is 19.2. The lowest BCUT2D eigenvalue weighted by atomic mass is 10.1. The molecule has 1 aromatic rings. The summed E-state index contributed by atoms with van der Waals surface area (Å²) in [6.45, 7) is 3.36. The number of hydrogen-bond acceptors (Lipinski definition) is 4. The molecule has 1 aliphatic heterocycles. The van der Waals surface area contributed by atoms with Gasteiger partial charge in [-0.2, -0.15) is 17.5 Å². The van der Waals surface area contributed by atoms with Gasteiger partial charge in [0.1, 0.15) is 0 Å². The standard InChI is InChI=1S/C14H23F3N6O2S.HI/c1-2-19-13(20-6-10-22-9-5-18-11-22)21-12-3-7-23(8-4-12)26(24,25)14(15,16)17;/h5,9,11-12H,2-4,6-8,10H2,1H3,(H2,19,20,21);1H. The van der Waals surface area contributed by atoms with Crippen LogP contribution in [0, 0.1) is 0 Å². The van der Waals surface area contributed by atoms with Crippen molar-refractivity contribution >= 4 is 40.0 Å². The normalized spacial score (nSPS) is 17.4. The molecular weight excluding hydrogens is 500 g/mol. The Morgan fingerprint density at radius 2 is 2.00 bits per heavy atom. The highest BCUT2D eigenvalue weighted by molar-refractivity contribution is 14.0. The van der Waals surface area contributed by atoms with Crippen LogP contribution in [0.2, 0.25) is 0 Å². The van der Waals surface area contributed by atoms with Crippen molar-refractivity contribution in [3.63, 3.8) is 0 Å². The Bertz CT molecular complexity index is 688. The summed E-state index contributed by atoms with van der Waals surface area (Å²) in [4.78, 5) is 8.37. The van der Waals surface area contributed by atoms with E-state index in [-0.39, 0.29) is 55.9 Å². The molecule has 0 atom stereocenters. The van der Waals surface area contributed by atoms with Crippen LogP contribution in [0.1, 0.15) is 19.8 Å². The summed E-state index contributed by atoms with van der Waals surface area (Å²) in [5, 5.41) is 6.24. The van der Waals surface area contributed by atoms with Crippen molar-refractivity contribution in [3.05, 3.63) is 18.7 Å². The number of guanidine groups is 1. The number of nitrogens with one attached hydrogen (secondary N) is 2. The first-order valence-corrected chi connectivity index (χ1v) is 9.75. The smallest absolute Gasteiger partial charge is 0.357 e. The fourth-order valence-electron chi connectivity index (χ4n) is 2.60. The highest BCUT2D eigenvalue weighted by Crippen LogP contribution is 2.28. The van der Waals surface area contributed by atoms with Gasteiger partial charge in [-0.15, -0.1) is 24.0 Å². The number of aromatic nitrogens is 2. The molecule has 0 spiro atoms. The van der Waals surface area contributed by atoms with Crippen LogP contribution in [0.3, 0.4) is 0 Å². The summed E-state index contributed by atoms with van der Waals surface area (Å²) in [7, 11) is -5.25. The quantitative estimate of drug-likeness (QED) is 0.334. The van der Waals surface area contributed by atoms with Crippen LogP contribution in [-0.2, 0) is 16.6 Å². The molecule has 0 bridgehead atoms. The summed E-state index contributed by atoms with van der Waals surface area (Å²) < 4.78 is 63.0. The van der Waals surface area contributed by atoms with Gasteiger partial charge in [-0.3, -0.25) is 4.99 Å². The van der Waals surface area contributed by atoms with Gasteiger partial charge < -0.3 is 15.2 Å². The Kier molecular flexibility index (Phi) is 9.27. The first-order valence-electron chi connectivity index (χ1n) is 8.31. The van der Waals surface area contributed by atoms with E-state index >= 15 is 0 Å². The molecule has 2 N–H and O–H groups in total. The molecular formula is C14H24F3IN6O2S. The largest absolute Gasteiger partial charge is 0.511 e. The predicted octanol–water partition coefficient (Wildman–Crippen LogP) is 1.37. The molecule has 0 aromatic carbocycles. The molecule has 0 unspecified atom stereocenters. The Labute approximate surface area is 173 Å². The third-order valence-corrected chi connectivity index (χ3v) is 5.59. The van der Waals surface area contributed by atoms with Crippen LogP contribution in [0.4, 0.5) is 13.2 Å². The highest BCUT2D eigenvalue weighted by atomic mass is 127. The van der Waals surface area contributed by atoms with Crippen molar-refractivity contribution in [2.75, 3.05) is 26.2 Å². The molecule has 0 amide bonds. The van der Waals surface area contributed by atoms with Crippen molar-refractivity contribution in [2.45, 2.75) is 37.9 Å². The van der Waals surface area contributed by atoms with Gasteiger partial charge in [0.2, 0.25) is 0 Å². The second kappa shape index (κ2) is 10.5. The van der Waals surface area contributed by atoms with Gasteiger partial charge in [-0.05, 0) is 19.8 Å². The third-order valence-electron chi connectivity index (χ3n) is 3.96. The first kappa shape index (κ1) is 23.9. The number of hydrogen-bond donors (Lipinski definition) is 2. The fraction of sp³-hybridized carbons (Fsp3) is 0.714. The van der Waals surface area contributed by atoms with Crippen molar-refractivity contribution in [1.82, 2.24) is 24.5 Å². The lowest BCUT2D eigenvalue weighted by molar-refractivity contribution is -0.0494. The number of piperidine rings is 1. The van der Waals surface area contributed by atoms with Crippen LogP contribution in [-0.4, -0.2) is 66.0 Å². The molecule has 13 heteroatoms. The lowest BCUT2D eigenvalue weighted by Crippen LogP contribution is -2.51. The van der Waals surface area contributed by atoms with Crippen LogP contribution < -0.4 is 10.6 Å². The Hall–Kier alpha value is -1.09. The van der Waals surface area contributed by atoms with E-state index in [0.717, 1.165) is 0 Å². The molecule has 0 saturated carbocycles. The number of alkyl halides is 3. The second-order valence-corrected chi connectivity index (χ2v) is 7.76. The Morgan fingerprint density at radius 1 is 1.33 bits per heavy atom. The lowest BCUT2D eigenvalue weighted by Gasteiger charge is -2.32. The van der Waals surface area contributed by atoms with Crippen LogP contribution in [0.5, 0.6) is 0 Å². The molecule has 156 valence electrons. The van der Waals surface area contributed by atoms with Crippen LogP contribution >= 0.6 is 24.0 Å². The van der Waals surface area contributed by atoms with Crippen molar-refractivity contribution in [3.8, 4) is 0 Å². The maximum atomic E-state index is 12.6. The minimum atomic E-state index is -5.25. The van der Waals surface area contributed by atoms with Crippen LogP contribution in [0.25, 0.3) is 0 Å². The molecule has 8 nitrogen and oxygen atoms in total. The molecule has 2 heterocycles. The van der Waals surface area contributed by atoms with Gasteiger partial charge in [-0.1, -0.05) is 0 Å². The molecule has 1 aromatic heterocycles. The zero-order valence-electron chi connectivity index (χ0n) is 14.8. The summed E-state index contributed by atoms with van der Waals surface area (Å²) >= 11 is 0. The van der Waals surface area contributed by atoms with E-state index in [9.17, 15) is 21.6 Å². The van der Waals surface area contributed by atoms with E-state index < -0.39 is 15.5 Å². The average Bonchev–Trinajstić information content (AvgIpc) is 3.08. The van der Waals surface area contributed by atoms with Crippen molar-refractivity contribution < 1.29 is 21.6 Å². The molecule has 2 rings (SSSR count). The summed E-state index contributed by atoms with van der Waals surface area (Å²) in [6.07, 6.45) is 5.75. The average molecular weight is 524 g/mol.